The number of phenolic OH excluding ortho intramolecular Hbond substituents is 1. The molecule has 0 bridgehead atoms. The molecule has 39 heavy (non-hydrogen) atoms. The normalized spacial score (nSPS) is 33.5. The van der Waals surface area contributed by atoms with Gasteiger partial charge in [0, 0.05) is 28.9 Å². The smallest absolute Gasteiger partial charge is 0.243 e. The van der Waals surface area contributed by atoms with Crippen LogP contribution in [0.4, 0.5) is 0 Å². The molecule has 0 saturated heterocycles. The molecular weight excluding hydrogens is 496 g/mol. The summed E-state index contributed by atoms with van der Waals surface area (Å²) >= 11 is 0. The number of benzene rings is 2. The highest BCUT2D eigenvalue weighted by Gasteiger charge is 2.84. The van der Waals surface area contributed by atoms with E-state index in [1.807, 2.05) is 12.1 Å². The Balaban J connectivity index is 1.50. The highest BCUT2D eigenvalue weighted by molar-refractivity contribution is 6.43. The third-order valence-corrected chi connectivity index (χ3v) is 10.4. The minimum Gasteiger partial charge on any atom is -0.507 e. The molecule has 1 N–H and O–H groups in total. The molecule has 1 aliphatic heterocycles. The van der Waals surface area contributed by atoms with Crippen LogP contribution in [0, 0.1) is 28.6 Å². The van der Waals surface area contributed by atoms with Crippen molar-refractivity contribution in [2.75, 3.05) is 14.2 Å². The summed E-state index contributed by atoms with van der Waals surface area (Å²) < 4.78 is 17.6. The Morgan fingerprint density at radius 2 is 1.77 bits per heavy atom. The van der Waals surface area contributed by atoms with Gasteiger partial charge in [0.25, 0.3) is 0 Å². The van der Waals surface area contributed by atoms with Gasteiger partial charge in [-0.2, -0.15) is 0 Å². The minimum atomic E-state index is -1.45. The third-order valence-electron chi connectivity index (χ3n) is 10.4. The first-order valence-corrected chi connectivity index (χ1v) is 13.5. The second-order valence-corrected chi connectivity index (χ2v) is 12.3. The zero-order valence-electron chi connectivity index (χ0n) is 23.2. The van der Waals surface area contributed by atoms with Gasteiger partial charge in [0.15, 0.2) is 11.4 Å². The molecule has 3 saturated carbocycles. The van der Waals surface area contributed by atoms with Crippen molar-refractivity contribution in [1.29, 1.82) is 0 Å². The Labute approximate surface area is 228 Å². The van der Waals surface area contributed by atoms with Crippen molar-refractivity contribution < 1.29 is 33.7 Å². The summed E-state index contributed by atoms with van der Waals surface area (Å²) in [7, 11) is 3.07. The van der Waals surface area contributed by atoms with Crippen LogP contribution >= 0.6 is 0 Å². The zero-order chi connectivity index (χ0) is 28.1. The summed E-state index contributed by atoms with van der Waals surface area (Å²) in [6.07, 6.45) is 4.48. The van der Waals surface area contributed by atoms with Gasteiger partial charge in [0.1, 0.15) is 28.6 Å². The van der Waals surface area contributed by atoms with E-state index in [-0.39, 0.29) is 46.0 Å². The number of ether oxygens (including phenoxy) is 3. The van der Waals surface area contributed by atoms with E-state index in [1.165, 1.54) is 19.3 Å². The Hall–Kier alpha value is -3.61. The number of ketones is 3. The molecule has 3 aliphatic carbocycles. The highest BCUT2D eigenvalue weighted by Crippen LogP contribution is 2.79. The SMILES string of the molecule is COc1ccc(C=CC(=O)c2c(O)cc(OC)c3c2O[C@]24C(=O)C(=O)[C@@H]5[C@@H](C5(C)C)[C@@]2(C)[C@H](C)CC[C@H]34)cc1. The maximum Gasteiger partial charge on any atom is 0.243 e. The number of phenols is 1. The number of allylic oxidation sites excluding steroid dienone is 1. The molecule has 0 unspecified atom stereocenters. The van der Waals surface area contributed by atoms with E-state index in [0.717, 1.165) is 12.0 Å². The first-order valence-electron chi connectivity index (χ1n) is 13.5. The van der Waals surface area contributed by atoms with Gasteiger partial charge in [-0.1, -0.05) is 45.9 Å². The van der Waals surface area contributed by atoms with Crippen LogP contribution < -0.4 is 14.2 Å². The van der Waals surface area contributed by atoms with Gasteiger partial charge in [-0.25, -0.2) is 0 Å². The average molecular weight is 531 g/mol. The van der Waals surface area contributed by atoms with Crippen LogP contribution in [0.15, 0.2) is 36.4 Å². The number of carbonyl (C=O) groups excluding carboxylic acids is 3. The van der Waals surface area contributed by atoms with Gasteiger partial charge >= 0.3 is 0 Å². The Kier molecular flexibility index (Phi) is 5.39. The molecule has 1 heterocycles. The number of rotatable bonds is 5. The van der Waals surface area contributed by atoms with Crippen molar-refractivity contribution in [3.05, 3.63) is 53.1 Å². The van der Waals surface area contributed by atoms with Gasteiger partial charge in [0.05, 0.1) is 14.2 Å². The molecule has 204 valence electrons. The summed E-state index contributed by atoms with van der Waals surface area (Å²) in [4.78, 5) is 41.3. The second kappa shape index (κ2) is 8.20. The standard InChI is InChI=1S/C32H34O7/c1-16-7-13-19-23-22(38-6)15-21(34)24(20(33)14-10-17-8-11-18(37-5)12-9-17)27(23)39-32(19)29(36)26(35)25-28(30(25,2)3)31(16,32)4/h8-12,14-16,19,25,28,34H,7,13H2,1-6H3/t16-,19-,25-,28+,31-,32-/m1/s1. The lowest BCUT2D eigenvalue weighted by molar-refractivity contribution is -0.177. The highest BCUT2D eigenvalue weighted by atomic mass is 16.5. The molecule has 6 rings (SSSR count). The van der Waals surface area contributed by atoms with Crippen molar-refractivity contribution >= 4 is 23.4 Å². The molecule has 2 aromatic rings. The van der Waals surface area contributed by atoms with Crippen LogP contribution in [-0.2, 0) is 9.59 Å². The van der Waals surface area contributed by atoms with Crippen molar-refractivity contribution in [2.45, 2.75) is 52.1 Å². The molecule has 7 heteroatoms. The molecule has 1 spiro atoms. The molecule has 4 aliphatic rings. The lowest BCUT2D eigenvalue weighted by Gasteiger charge is -2.56. The van der Waals surface area contributed by atoms with E-state index < -0.39 is 28.5 Å². The van der Waals surface area contributed by atoms with E-state index in [1.54, 1.807) is 25.3 Å². The first kappa shape index (κ1) is 25.7. The van der Waals surface area contributed by atoms with Gasteiger partial charge < -0.3 is 19.3 Å². The van der Waals surface area contributed by atoms with Gasteiger partial charge in [-0.15, -0.1) is 0 Å². The maximum absolute atomic E-state index is 14.1. The predicted octanol–water partition coefficient (Wildman–Crippen LogP) is 5.38. The number of hydrogen-bond donors (Lipinski definition) is 1. The number of fused-ring (bicyclic) bond motifs is 4. The van der Waals surface area contributed by atoms with E-state index >= 15 is 0 Å². The summed E-state index contributed by atoms with van der Waals surface area (Å²) in [6, 6.07) is 8.64. The van der Waals surface area contributed by atoms with Crippen molar-refractivity contribution in [3.63, 3.8) is 0 Å². The summed E-state index contributed by atoms with van der Waals surface area (Å²) in [5.41, 5.74) is -1.05. The molecule has 3 fully saturated rings. The van der Waals surface area contributed by atoms with Crippen LogP contribution in [0.25, 0.3) is 6.08 Å². The third kappa shape index (κ3) is 3.07. The molecule has 2 aromatic carbocycles. The Morgan fingerprint density at radius 3 is 2.41 bits per heavy atom. The quantitative estimate of drug-likeness (QED) is 0.315. The fourth-order valence-corrected chi connectivity index (χ4v) is 8.36. The topological polar surface area (TPSA) is 99.1 Å². The number of methoxy groups -OCH3 is 2. The Bertz CT molecular complexity index is 1450. The number of Topliss-reactive ketones (excluding diaryl/α,β-unsaturated/α-hetero) is 2. The zero-order valence-corrected chi connectivity index (χ0v) is 23.2. The first-order chi connectivity index (χ1) is 18.4. The molecule has 0 aromatic heterocycles. The van der Waals surface area contributed by atoms with Crippen LogP contribution in [0.2, 0.25) is 0 Å². The maximum atomic E-state index is 14.1. The largest absolute Gasteiger partial charge is 0.507 e. The second-order valence-electron chi connectivity index (χ2n) is 12.3. The van der Waals surface area contributed by atoms with Gasteiger partial charge in [-0.3, -0.25) is 14.4 Å². The van der Waals surface area contributed by atoms with Gasteiger partial charge in [-0.05, 0) is 53.9 Å². The van der Waals surface area contributed by atoms with E-state index in [9.17, 15) is 19.5 Å². The van der Waals surface area contributed by atoms with Crippen LogP contribution in [0.3, 0.4) is 0 Å². The molecule has 7 nitrogen and oxygen atoms in total. The average Bonchev–Trinajstić information content (AvgIpc) is 3.33. The monoisotopic (exact) mass is 530 g/mol. The Morgan fingerprint density at radius 1 is 1.08 bits per heavy atom. The molecular formula is C32H34O7. The van der Waals surface area contributed by atoms with Crippen molar-refractivity contribution in [3.8, 4) is 23.0 Å². The minimum absolute atomic E-state index is 0.0176. The van der Waals surface area contributed by atoms with E-state index in [0.29, 0.717) is 23.5 Å². The molecule has 0 amide bonds. The summed E-state index contributed by atoms with van der Waals surface area (Å²) in [5.74, 6) is -1.14. The molecule has 6 atom stereocenters. The van der Waals surface area contributed by atoms with Gasteiger partial charge in [0.2, 0.25) is 11.6 Å². The van der Waals surface area contributed by atoms with E-state index in [2.05, 4.69) is 27.7 Å². The van der Waals surface area contributed by atoms with E-state index in [4.69, 9.17) is 14.2 Å². The number of hydrogen-bond acceptors (Lipinski definition) is 7. The predicted molar refractivity (Wildman–Crippen MR) is 144 cm³/mol. The number of carbonyl (C=O) groups is 3. The molecule has 0 radical (unpaired) electrons. The fourth-order valence-electron chi connectivity index (χ4n) is 8.36. The van der Waals surface area contributed by atoms with Crippen LogP contribution in [0.5, 0.6) is 23.0 Å². The van der Waals surface area contributed by atoms with Crippen LogP contribution in [0.1, 0.15) is 67.9 Å². The summed E-state index contributed by atoms with van der Waals surface area (Å²) in [6.45, 7) is 8.34. The van der Waals surface area contributed by atoms with Crippen LogP contribution in [-0.4, -0.2) is 42.3 Å². The summed E-state index contributed by atoms with van der Waals surface area (Å²) in [5, 5.41) is 11.0. The number of aromatic hydroxyl groups is 1. The fraction of sp³-hybridized carbons (Fsp3) is 0.469. The lowest BCUT2D eigenvalue weighted by atomic mass is 9.48. The van der Waals surface area contributed by atoms with Crippen molar-refractivity contribution in [1.82, 2.24) is 0 Å². The lowest BCUT2D eigenvalue weighted by Crippen LogP contribution is -2.68. The van der Waals surface area contributed by atoms with Crippen molar-refractivity contribution in [2.24, 2.45) is 28.6 Å².